The first-order valence-electron chi connectivity index (χ1n) is 6.81. The molecule has 0 aliphatic rings. The molecule has 0 saturated carbocycles. The molecule has 9 heteroatoms. The first-order chi connectivity index (χ1) is 10.8. The van der Waals surface area contributed by atoms with Crippen LogP contribution in [-0.4, -0.2) is 30.0 Å². The number of benzene rings is 1. The van der Waals surface area contributed by atoms with Crippen molar-refractivity contribution in [1.82, 2.24) is 30.0 Å². The van der Waals surface area contributed by atoms with Crippen LogP contribution in [0.1, 0.15) is 19.2 Å². The van der Waals surface area contributed by atoms with E-state index in [-0.39, 0.29) is 0 Å². The van der Waals surface area contributed by atoms with E-state index in [4.69, 9.17) is 12.2 Å². The zero-order chi connectivity index (χ0) is 15.4. The van der Waals surface area contributed by atoms with Crippen LogP contribution in [0, 0.1) is 3.95 Å². The van der Waals surface area contributed by atoms with Crippen molar-refractivity contribution in [2.45, 2.75) is 30.0 Å². The van der Waals surface area contributed by atoms with Crippen molar-refractivity contribution in [2.75, 3.05) is 0 Å². The highest BCUT2D eigenvalue weighted by atomic mass is 32.2. The summed E-state index contributed by atoms with van der Waals surface area (Å²) < 4.78 is 5.28. The first-order valence-corrected chi connectivity index (χ1v) is 9.02. The molecule has 1 aromatic carbocycles. The lowest BCUT2D eigenvalue weighted by Gasteiger charge is -2.01. The Bertz CT molecular complexity index is 791. The molecule has 0 saturated heterocycles. The molecule has 0 amide bonds. The number of rotatable bonds is 6. The molecule has 0 atom stereocenters. The molecule has 0 bridgehead atoms. The Kier molecular flexibility index (Phi) is 4.96. The van der Waals surface area contributed by atoms with Crippen molar-refractivity contribution in [3.8, 4) is 5.69 Å². The van der Waals surface area contributed by atoms with Gasteiger partial charge in [-0.15, -0.1) is 10.2 Å². The molecule has 114 valence electrons. The summed E-state index contributed by atoms with van der Waals surface area (Å²) >= 11 is 8.50. The van der Waals surface area contributed by atoms with Crippen LogP contribution in [0.5, 0.6) is 0 Å². The lowest BCUT2D eigenvalue weighted by Crippen LogP contribution is -2.04. The fourth-order valence-corrected chi connectivity index (χ4v) is 4.18. The third-order valence-electron chi connectivity index (χ3n) is 2.90. The monoisotopic (exact) mass is 350 g/mol. The average Bonchev–Trinajstić information content (AvgIpc) is 3.13. The number of nitrogens with zero attached hydrogens (tertiary/aromatic N) is 6. The number of aryl methyl sites for hydroxylation is 1. The number of hydrogen-bond acceptors (Lipinski definition) is 7. The summed E-state index contributed by atoms with van der Waals surface area (Å²) in [7, 11) is 0. The van der Waals surface area contributed by atoms with Crippen molar-refractivity contribution in [3.63, 3.8) is 0 Å². The largest absolute Gasteiger partial charge is 0.229 e. The van der Waals surface area contributed by atoms with Crippen molar-refractivity contribution in [3.05, 3.63) is 40.1 Å². The molecule has 6 nitrogen and oxygen atoms in total. The third-order valence-corrected chi connectivity index (χ3v) is 5.26. The van der Waals surface area contributed by atoms with E-state index in [1.165, 1.54) is 11.3 Å². The van der Waals surface area contributed by atoms with Crippen LogP contribution in [0.15, 0.2) is 34.7 Å². The van der Waals surface area contributed by atoms with E-state index in [0.717, 1.165) is 32.8 Å². The van der Waals surface area contributed by atoms with E-state index in [0.29, 0.717) is 5.75 Å². The number of tetrazole rings is 1. The van der Waals surface area contributed by atoms with Gasteiger partial charge in [-0.2, -0.15) is 0 Å². The predicted octanol–water partition coefficient (Wildman–Crippen LogP) is 3.35. The highest BCUT2D eigenvalue weighted by molar-refractivity contribution is 8.00. The minimum atomic E-state index is 0.685. The van der Waals surface area contributed by atoms with Gasteiger partial charge in [-0.25, -0.2) is 9.36 Å². The number of aromatic nitrogens is 6. The lowest BCUT2D eigenvalue weighted by molar-refractivity contribution is 0.564. The molecule has 0 N–H and O–H groups in total. The normalized spacial score (nSPS) is 11.0. The Labute approximate surface area is 141 Å². The molecule has 0 fully saturated rings. The maximum Gasteiger partial charge on any atom is 0.184 e. The van der Waals surface area contributed by atoms with Crippen LogP contribution in [0.2, 0.25) is 0 Å². The average molecular weight is 350 g/mol. The summed E-state index contributed by atoms with van der Waals surface area (Å²) in [4.78, 5) is 0. The molecule has 22 heavy (non-hydrogen) atoms. The van der Waals surface area contributed by atoms with Crippen LogP contribution in [-0.2, 0) is 12.3 Å². The third kappa shape index (κ3) is 3.42. The zero-order valence-corrected chi connectivity index (χ0v) is 14.4. The summed E-state index contributed by atoms with van der Waals surface area (Å²) in [5.41, 5.74) is 0.978. The van der Waals surface area contributed by atoms with Gasteiger partial charge in [-0.05, 0) is 41.2 Å². The Morgan fingerprint density at radius 1 is 1.27 bits per heavy atom. The van der Waals surface area contributed by atoms with Gasteiger partial charge in [-0.3, -0.25) is 0 Å². The Hall–Kier alpha value is -1.58. The van der Waals surface area contributed by atoms with E-state index < -0.39 is 0 Å². The summed E-state index contributed by atoms with van der Waals surface area (Å²) in [5, 5.41) is 16.4. The van der Waals surface area contributed by atoms with Crippen molar-refractivity contribution < 1.29 is 0 Å². The molecule has 3 aromatic rings. The van der Waals surface area contributed by atoms with E-state index in [1.807, 2.05) is 35.0 Å². The molecule has 0 unspecified atom stereocenters. The van der Waals surface area contributed by atoms with Gasteiger partial charge in [0.15, 0.2) is 14.1 Å². The molecule has 2 heterocycles. The van der Waals surface area contributed by atoms with Crippen LogP contribution >= 0.6 is 35.3 Å². The van der Waals surface area contributed by atoms with Crippen molar-refractivity contribution in [2.24, 2.45) is 0 Å². The summed E-state index contributed by atoms with van der Waals surface area (Å²) in [6.07, 6.45) is 1.00. The van der Waals surface area contributed by atoms with Gasteiger partial charge < -0.3 is 0 Å². The van der Waals surface area contributed by atoms with Gasteiger partial charge in [0.25, 0.3) is 0 Å². The summed E-state index contributed by atoms with van der Waals surface area (Å²) in [6.45, 7) is 2.93. The van der Waals surface area contributed by atoms with Gasteiger partial charge in [-0.1, -0.05) is 48.2 Å². The minimum absolute atomic E-state index is 0.685. The quantitative estimate of drug-likeness (QED) is 0.502. The number of para-hydroxylation sites is 1. The number of hydrogen-bond donors (Lipinski definition) is 0. The van der Waals surface area contributed by atoms with Gasteiger partial charge in [0.1, 0.15) is 0 Å². The standard InChI is InChI=1S/C13H14N6S3/c1-2-8-18-11(14-16-17-18)9-21-12-15-19(13(20)22-12)10-6-4-3-5-7-10/h3-7H,2,8-9H2,1H3. The van der Waals surface area contributed by atoms with Crippen LogP contribution in [0.4, 0.5) is 0 Å². The van der Waals surface area contributed by atoms with Gasteiger partial charge in [0.05, 0.1) is 11.4 Å². The van der Waals surface area contributed by atoms with E-state index >= 15 is 0 Å². The van der Waals surface area contributed by atoms with Crippen LogP contribution in [0.3, 0.4) is 0 Å². The molecule has 0 spiro atoms. The molecule has 0 aliphatic heterocycles. The smallest absolute Gasteiger partial charge is 0.184 e. The van der Waals surface area contributed by atoms with Crippen LogP contribution in [0.25, 0.3) is 5.69 Å². The SMILES string of the molecule is CCCn1nnnc1CSc1nn(-c2ccccc2)c(=S)s1. The highest BCUT2D eigenvalue weighted by Crippen LogP contribution is 2.26. The highest BCUT2D eigenvalue weighted by Gasteiger charge is 2.10. The summed E-state index contributed by atoms with van der Waals surface area (Å²) in [5.74, 6) is 1.54. The predicted molar refractivity (Wildman–Crippen MR) is 89.9 cm³/mol. The van der Waals surface area contributed by atoms with Crippen molar-refractivity contribution in [1.29, 1.82) is 0 Å². The Morgan fingerprint density at radius 3 is 2.86 bits per heavy atom. The van der Waals surface area contributed by atoms with Gasteiger partial charge in [0.2, 0.25) is 0 Å². The summed E-state index contributed by atoms with van der Waals surface area (Å²) in [6, 6.07) is 9.91. The molecule has 0 radical (unpaired) electrons. The topological polar surface area (TPSA) is 61.4 Å². The van der Waals surface area contributed by atoms with Crippen molar-refractivity contribution >= 4 is 35.3 Å². The second-order valence-corrected chi connectivity index (χ2v) is 7.33. The minimum Gasteiger partial charge on any atom is -0.229 e. The van der Waals surface area contributed by atoms with E-state index in [2.05, 4.69) is 27.5 Å². The first kappa shape index (κ1) is 15.3. The fourth-order valence-electron chi connectivity index (χ4n) is 1.89. The Morgan fingerprint density at radius 2 is 2.09 bits per heavy atom. The Balaban J connectivity index is 1.74. The molecule has 3 rings (SSSR count). The second kappa shape index (κ2) is 7.12. The lowest BCUT2D eigenvalue weighted by atomic mass is 10.3. The van der Waals surface area contributed by atoms with Gasteiger partial charge in [0, 0.05) is 6.54 Å². The van der Waals surface area contributed by atoms with Crippen LogP contribution < -0.4 is 0 Å². The molecule has 0 aliphatic carbocycles. The molecule has 2 aromatic heterocycles. The zero-order valence-electron chi connectivity index (χ0n) is 11.9. The molecular formula is C13H14N6S3. The molecular weight excluding hydrogens is 336 g/mol. The maximum absolute atomic E-state index is 5.40. The number of thioether (sulfide) groups is 1. The second-order valence-electron chi connectivity index (χ2n) is 4.49. The van der Waals surface area contributed by atoms with E-state index in [9.17, 15) is 0 Å². The maximum atomic E-state index is 5.40. The van der Waals surface area contributed by atoms with Gasteiger partial charge >= 0.3 is 0 Å². The fraction of sp³-hybridized carbons (Fsp3) is 0.308. The van der Waals surface area contributed by atoms with E-state index in [1.54, 1.807) is 16.4 Å².